The Kier molecular flexibility index (Phi) is 5.56. The quantitative estimate of drug-likeness (QED) is 0.765. The van der Waals surface area contributed by atoms with Crippen LogP contribution in [0.4, 0.5) is 5.69 Å². The molecule has 1 aromatic carbocycles. The van der Waals surface area contributed by atoms with Crippen LogP contribution in [-0.2, 0) is 9.59 Å². The smallest absolute Gasteiger partial charge is 0.240 e. The molecule has 6 heteroatoms. The normalized spacial score (nSPS) is 12.6. The van der Waals surface area contributed by atoms with E-state index in [9.17, 15) is 9.59 Å². The van der Waals surface area contributed by atoms with E-state index in [2.05, 4.69) is 26.6 Å². The highest BCUT2D eigenvalue weighted by Crippen LogP contribution is 2.22. The number of hydrogen-bond acceptors (Lipinski definition) is 3. The largest absolute Gasteiger partial charge is 0.372 e. The van der Waals surface area contributed by atoms with Crippen molar-refractivity contribution in [3.8, 4) is 0 Å². The minimum absolute atomic E-state index is 0.00601. The fourth-order valence-corrected chi connectivity index (χ4v) is 2.04. The van der Waals surface area contributed by atoms with Gasteiger partial charge in [-0.2, -0.15) is 0 Å². The number of rotatable bonds is 5. The third-order valence-electron chi connectivity index (χ3n) is 2.45. The molecule has 0 spiro atoms. The molecule has 110 valence electrons. The number of carbonyl (C=O) groups excluding carboxylic acids is 2. The number of carbonyl (C=O) groups is 2. The zero-order chi connectivity index (χ0) is 15.3. The molecule has 1 unspecified atom stereocenters. The lowest BCUT2D eigenvalue weighted by atomic mass is 10.1. The number of nitrogens with two attached hydrogens (primary N) is 1. The molecule has 0 saturated carbocycles. The van der Waals surface area contributed by atoms with Crippen LogP contribution in [0.1, 0.15) is 27.2 Å². The summed E-state index contributed by atoms with van der Waals surface area (Å²) in [5.74, 6) is -0.786. The third kappa shape index (κ3) is 5.61. The zero-order valence-electron chi connectivity index (χ0n) is 11.9. The number of amides is 2. The van der Waals surface area contributed by atoms with Crippen LogP contribution in [0.3, 0.4) is 0 Å². The van der Waals surface area contributed by atoms with E-state index in [4.69, 9.17) is 5.73 Å². The predicted octanol–water partition coefficient (Wildman–Crippen LogP) is 2.02. The van der Waals surface area contributed by atoms with E-state index >= 15 is 0 Å². The first-order chi connectivity index (χ1) is 9.19. The van der Waals surface area contributed by atoms with E-state index in [-0.39, 0.29) is 17.9 Å². The molecule has 0 aromatic heterocycles. The van der Waals surface area contributed by atoms with Crippen LogP contribution in [0.15, 0.2) is 28.7 Å². The fraction of sp³-hybridized carbons (Fsp3) is 0.429. The molecule has 0 aliphatic carbocycles. The van der Waals surface area contributed by atoms with Crippen LogP contribution in [0, 0.1) is 0 Å². The summed E-state index contributed by atoms with van der Waals surface area (Å²) in [5.41, 5.74) is 5.73. The molecule has 2 amide bonds. The number of halogens is 1. The highest BCUT2D eigenvalue weighted by molar-refractivity contribution is 9.10. The Bertz CT molecular complexity index is 497. The molecule has 0 heterocycles. The van der Waals surface area contributed by atoms with E-state index in [1.54, 1.807) is 0 Å². The summed E-state index contributed by atoms with van der Waals surface area (Å²) < 4.78 is 0.808. The molecule has 20 heavy (non-hydrogen) atoms. The van der Waals surface area contributed by atoms with Crippen LogP contribution in [0.5, 0.6) is 0 Å². The molecule has 1 rings (SSSR count). The van der Waals surface area contributed by atoms with Crippen LogP contribution >= 0.6 is 15.9 Å². The number of hydrogen-bond donors (Lipinski definition) is 3. The Morgan fingerprint density at radius 1 is 1.30 bits per heavy atom. The Hall–Kier alpha value is -1.56. The van der Waals surface area contributed by atoms with Gasteiger partial charge in [0, 0.05) is 15.7 Å². The van der Waals surface area contributed by atoms with Gasteiger partial charge in [-0.05, 0) is 48.8 Å². The summed E-state index contributed by atoms with van der Waals surface area (Å²) in [4.78, 5) is 23.4. The molecule has 0 radical (unpaired) electrons. The number of benzene rings is 1. The SMILES string of the molecule is CC(C)(C)NC(=O)CC(Nc1ccccc1Br)C(N)=O. The minimum atomic E-state index is -0.754. The van der Waals surface area contributed by atoms with Crippen LogP contribution in [-0.4, -0.2) is 23.4 Å². The van der Waals surface area contributed by atoms with Gasteiger partial charge >= 0.3 is 0 Å². The molecule has 0 aliphatic heterocycles. The Morgan fingerprint density at radius 3 is 2.40 bits per heavy atom. The molecule has 5 nitrogen and oxygen atoms in total. The average Bonchev–Trinajstić information content (AvgIpc) is 2.28. The van der Waals surface area contributed by atoms with Crippen molar-refractivity contribution < 1.29 is 9.59 Å². The van der Waals surface area contributed by atoms with Crippen LogP contribution < -0.4 is 16.4 Å². The monoisotopic (exact) mass is 341 g/mol. The Balaban J connectivity index is 2.74. The summed E-state index contributed by atoms with van der Waals surface area (Å²) >= 11 is 3.37. The van der Waals surface area contributed by atoms with E-state index in [1.165, 1.54) is 0 Å². The second kappa shape index (κ2) is 6.74. The van der Waals surface area contributed by atoms with Crippen LogP contribution in [0.2, 0.25) is 0 Å². The van der Waals surface area contributed by atoms with Gasteiger partial charge in [-0.15, -0.1) is 0 Å². The molecular weight excluding hydrogens is 322 g/mol. The lowest BCUT2D eigenvalue weighted by molar-refractivity contribution is -0.126. The van der Waals surface area contributed by atoms with Gasteiger partial charge < -0.3 is 16.4 Å². The Morgan fingerprint density at radius 2 is 1.90 bits per heavy atom. The third-order valence-corrected chi connectivity index (χ3v) is 3.14. The van der Waals surface area contributed by atoms with E-state index in [0.29, 0.717) is 0 Å². The maximum atomic E-state index is 11.9. The molecule has 4 N–H and O–H groups in total. The van der Waals surface area contributed by atoms with Gasteiger partial charge in [-0.25, -0.2) is 0 Å². The van der Waals surface area contributed by atoms with Crippen molar-refractivity contribution in [3.05, 3.63) is 28.7 Å². The summed E-state index contributed by atoms with van der Waals surface area (Å²) in [5, 5.41) is 5.79. The summed E-state index contributed by atoms with van der Waals surface area (Å²) in [6, 6.07) is 6.59. The van der Waals surface area contributed by atoms with Crippen molar-refractivity contribution in [1.82, 2.24) is 5.32 Å². The molecule has 0 saturated heterocycles. The number of primary amides is 1. The molecule has 0 aliphatic rings. The van der Waals surface area contributed by atoms with Gasteiger partial charge in [0.15, 0.2) is 0 Å². The maximum Gasteiger partial charge on any atom is 0.240 e. The molecule has 1 atom stereocenters. The number of nitrogens with one attached hydrogen (secondary N) is 2. The van der Waals surface area contributed by atoms with Crippen molar-refractivity contribution >= 4 is 33.4 Å². The first-order valence-electron chi connectivity index (χ1n) is 6.30. The molecule has 0 fully saturated rings. The topological polar surface area (TPSA) is 84.2 Å². The summed E-state index contributed by atoms with van der Waals surface area (Å²) in [7, 11) is 0. The standard InChI is InChI=1S/C14H20BrN3O2/c1-14(2,3)18-12(19)8-11(13(16)20)17-10-7-5-4-6-9(10)15/h4-7,11,17H,8H2,1-3H3,(H2,16,20)(H,18,19). The van der Waals surface area contributed by atoms with Gasteiger partial charge in [0.25, 0.3) is 0 Å². The fourth-order valence-electron chi connectivity index (χ4n) is 1.64. The summed E-state index contributed by atoms with van der Waals surface area (Å²) in [6.07, 6.45) is -0.00601. The number of anilines is 1. The van der Waals surface area contributed by atoms with Gasteiger partial charge in [-0.3, -0.25) is 9.59 Å². The van der Waals surface area contributed by atoms with Crippen molar-refractivity contribution in [2.24, 2.45) is 5.73 Å². The average molecular weight is 342 g/mol. The molecular formula is C14H20BrN3O2. The first-order valence-corrected chi connectivity index (χ1v) is 7.10. The van der Waals surface area contributed by atoms with Crippen LogP contribution in [0.25, 0.3) is 0 Å². The van der Waals surface area contributed by atoms with E-state index < -0.39 is 11.9 Å². The number of para-hydroxylation sites is 1. The second-order valence-electron chi connectivity index (χ2n) is 5.58. The van der Waals surface area contributed by atoms with E-state index in [0.717, 1.165) is 10.2 Å². The lowest BCUT2D eigenvalue weighted by Gasteiger charge is -2.23. The van der Waals surface area contributed by atoms with Gasteiger partial charge in [0.2, 0.25) is 11.8 Å². The molecule has 0 bridgehead atoms. The van der Waals surface area contributed by atoms with Crippen molar-refractivity contribution in [1.29, 1.82) is 0 Å². The maximum absolute atomic E-state index is 11.9. The van der Waals surface area contributed by atoms with Gasteiger partial charge in [0.05, 0.1) is 6.42 Å². The predicted molar refractivity (Wildman–Crippen MR) is 83.3 cm³/mol. The second-order valence-corrected chi connectivity index (χ2v) is 6.44. The van der Waals surface area contributed by atoms with Gasteiger partial charge in [0.1, 0.15) is 6.04 Å². The van der Waals surface area contributed by atoms with Gasteiger partial charge in [-0.1, -0.05) is 12.1 Å². The zero-order valence-corrected chi connectivity index (χ0v) is 13.5. The van der Waals surface area contributed by atoms with Crippen molar-refractivity contribution in [2.75, 3.05) is 5.32 Å². The lowest BCUT2D eigenvalue weighted by Crippen LogP contribution is -2.45. The highest BCUT2D eigenvalue weighted by Gasteiger charge is 2.22. The highest BCUT2D eigenvalue weighted by atomic mass is 79.9. The first kappa shape index (κ1) is 16.5. The van der Waals surface area contributed by atoms with Crippen molar-refractivity contribution in [3.63, 3.8) is 0 Å². The summed E-state index contributed by atoms with van der Waals surface area (Å²) in [6.45, 7) is 5.64. The Labute approximate surface area is 127 Å². The van der Waals surface area contributed by atoms with E-state index in [1.807, 2.05) is 45.0 Å². The van der Waals surface area contributed by atoms with Crippen molar-refractivity contribution in [2.45, 2.75) is 38.8 Å². The molecule has 1 aromatic rings. The minimum Gasteiger partial charge on any atom is -0.372 e.